The Bertz CT molecular complexity index is 829. The number of benzene rings is 2. The van der Waals surface area contributed by atoms with E-state index in [-0.39, 0.29) is 10.8 Å². The fourth-order valence-corrected chi connectivity index (χ4v) is 3.29. The highest BCUT2D eigenvalue weighted by atomic mass is 32.2. The number of anilines is 1. The summed E-state index contributed by atoms with van der Waals surface area (Å²) in [6.07, 6.45) is 0.908. The van der Waals surface area contributed by atoms with E-state index in [0.29, 0.717) is 29.5 Å². The predicted molar refractivity (Wildman–Crippen MR) is 102 cm³/mol. The smallest absolute Gasteiger partial charge is 0.261 e. The molecule has 0 aliphatic rings. The number of sulfonamides is 1. The van der Waals surface area contributed by atoms with Crippen LogP contribution < -0.4 is 14.8 Å². The lowest BCUT2D eigenvalue weighted by Crippen LogP contribution is -2.25. The van der Waals surface area contributed by atoms with Crippen LogP contribution >= 0.6 is 0 Å². The number of rotatable bonds is 8. The van der Waals surface area contributed by atoms with Crippen LogP contribution in [0.15, 0.2) is 53.4 Å². The molecule has 7 heteroatoms. The fraction of sp³-hybridized carbons (Fsp3) is 0.316. The summed E-state index contributed by atoms with van der Waals surface area (Å²) in [6, 6.07) is 12.4. The Morgan fingerprint density at radius 3 is 2.19 bits per heavy atom. The van der Waals surface area contributed by atoms with Crippen molar-refractivity contribution in [1.29, 1.82) is 0 Å². The van der Waals surface area contributed by atoms with E-state index in [2.05, 4.69) is 23.9 Å². The first-order valence-electron chi connectivity index (χ1n) is 8.37. The second-order valence-corrected chi connectivity index (χ2v) is 7.98. The zero-order valence-corrected chi connectivity index (χ0v) is 16.0. The molecule has 26 heavy (non-hydrogen) atoms. The van der Waals surface area contributed by atoms with Crippen LogP contribution in [0.3, 0.4) is 0 Å². The molecular weight excluding hydrogens is 352 g/mol. The molecule has 0 saturated carbocycles. The van der Waals surface area contributed by atoms with Crippen LogP contribution in [-0.4, -0.2) is 28.0 Å². The van der Waals surface area contributed by atoms with Crippen molar-refractivity contribution in [3.05, 3.63) is 54.1 Å². The van der Waals surface area contributed by atoms with Crippen LogP contribution in [0.2, 0.25) is 0 Å². The van der Waals surface area contributed by atoms with Gasteiger partial charge in [0.1, 0.15) is 5.75 Å². The van der Waals surface area contributed by atoms with E-state index in [1.165, 1.54) is 19.2 Å². The molecule has 0 saturated heterocycles. The van der Waals surface area contributed by atoms with Crippen LogP contribution in [0.1, 0.15) is 30.6 Å². The zero-order chi connectivity index (χ0) is 19.2. The van der Waals surface area contributed by atoms with E-state index in [0.717, 1.165) is 6.42 Å². The monoisotopic (exact) mass is 376 g/mol. The van der Waals surface area contributed by atoms with Gasteiger partial charge in [0.15, 0.2) is 0 Å². The summed E-state index contributed by atoms with van der Waals surface area (Å²) in [5, 5.41) is 2.85. The van der Waals surface area contributed by atoms with Gasteiger partial charge in [0, 0.05) is 17.8 Å². The molecule has 0 radical (unpaired) electrons. The van der Waals surface area contributed by atoms with Gasteiger partial charge in [0.05, 0.1) is 12.0 Å². The van der Waals surface area contributed by atoms with E-state index in [9.17, 15) is 13.2 Å². The molecule has 2 aromatic rings. The molecule has 0 aromatic heterocycles. The minimum atomic E-state index is -3.70. The second-order valence-electron chi connectivity index (χ2n) is 6.30. The van der Waals surface area contributed by atoms with Gasteiger partial charge < -0.3 is 10.1 Å². The van der Waals surface area contributed by atoms with Crippen molar-refractivity contribution in [2.24, 2.45) is 5.92 Å². The summed E-state index contributed by atoms with van der Waals surface area (Å²) in [4.78, 5) is 12.2. The number of nitrogens with one attached hydrogen (secondary N) is 2. The third kappa shape index (κ3) is 5.49. The van der Waals surface area contributed by atoms with Crippen molar-refractivity contribution in [2.45, 2.75) is 25.2 Å². The van der Waals surface area contributed by atoms with Crippen LogP contribution in [0.5, 0.6) is 5.75 Å². The number of amides is 1. The summed E-state index contributed by atoms with van der Waals surface area (Å²) in [6.45, 7) is 4.80. The second kappa shape index (κ2) is 8.71. The van der Waals surface area contributed by atoms with Gasteiger partial charge in [-0.25, -0.2) is 8.42 Å². The predicted octanol–water partition coefficient (Wildman–Crippen LogP) is 3.27. The fourth-order valence-electron chi connectivity index (χ4n) is 2.24. The van der Waals surface area contributed by atoms with Crippen molar-refractivity contribution >= 4 is 21.6 Å². The lowest BCUT2D eigenvalue weighted by Gasteiger charge is -2.10. The number of carbonyl (C=O) groups is 1. The van der Waals surface area contributed by atoms with Crippen molar-refractivity contribution < 1.29 is 17.9 Å². The Balaban J connectivity index is 2.02. The molecule has 140 valence electrons. The molecule has 6 nitrogen and oxygen atoms in total. The first-order chi connectivity index (χ1) is 12.3. The molecule has 0 aliphatic carbocycles. The molecule has 0 bridgehead atoms. The summed E-state index contributed by atoms with van der Waals surface area (Å²) in [7, 11) is -2.19. The maximum Gasteiger partial charge on any atom is 0.261 e. The number of carbonyl (C=O) groups excluding carboxylic acids is 1. The van der Waals surface area contributed by atoms with Gasteiger partial charge in [-0.05, 0) is 60.9 Å². The highest BCUT2D eigenvalue weighted by Crippen LogP contribution is 2.19. The standard InChI is InChI=1S/C19H24N2O4S/c1-14(2)12-13-20-19(22)15-4-6-16(7-5-15)21-26(23,24)18-10-8-17(25-3)9-11-18/h4-11,14,21H,12-13H2,1-3H3,(H,20,22). The first-order valence-corrected chi connectivity index (χ1v) is 9.85. The minimum absolute atomic E-state index is 0.133. The summed E-state index contributed by atoms with van der Waals surface area (Å²) in [5.74, 6) is 0.928. The summed E-state index contributed by atoms with van der Waals surface area (Å²) < 4.78 is 32.3. The van der Waals surface area contributed by atoms with Gasteiger partial charge in [-0.2, -0.15) is 0 Å². The van der Waals surface area contributed by atoms with Gasteiger partial charge in [0.25, 0.3) is 15.9 Å². The Labute approximate surface area is 154 Å². The van der Waals surface area contributed by atoms with Crippen LogP contribution in [0, 0.1) is 5.92 Å². The molecule has 2 aromatic carbocycles. The molecule has 0 heterocycles. The third-order valence-electron chi connectivity index (χ3n) is 3.78. The molecule has 2 rings (SSSR count). The van der Waals surface area contributed by atoms with E-state index >= 15 is 0 Å². The molecular formula is C19H24N2O4S. The quantitative estimate of drug-likeness (QED) is 0.740. The van der Waals surface area contributed by atoms with E-state index < -0.39 is 10.0 Å². The molecule has 1 amide bonds. The van der Waals surface area contributed by atoms with Crippen molar-refractivity contribution in [3.8, 4) is 5.75 Å². The number of ether oxygens (including phenoxy) is 1. The molecule has 0 atom stereocenters. The Kier molecular flexibility index (Phi) is 6.63. The molecule has 0 aliphatic heterocycles. The SMILES string of the molecule is COc1ccc(S(=O)(=O)Nc2ccc(C(=O)NCCC(C)C)cc2)cc1. The topological polar surface area (TPSA) is 84.5 Å². The number of hydrogen-bond acceptors (Lipinski definition) is 4. The van der Waals surface area contributed by atoms with Crippen LogP contribution in [0.4, 0.5) is 5.69 Å². The molecule has 0 unspecified atom stereocenters. The van der Waals surface area contributed by atoms with E-state index in [1.54, 1.807) is 36.4 Å². The average Bonchev–Trinajstić information content (AvgIpc) is 2.61. The highest BCUT2D eigenvalue weighted by Gasteiger charge is 2.14. The van der Waals surface area contributed by atoms with Gasteiger partial charge in [-0.15, -0.1) is 0 Å². The van der Waals surface area contributed by atoms with E-state index in [1.807, 2.05) is 0 Å². The third-order valence-corrected chi connectivity index (χ3v) is 5.17. The summed E-state index contributed by atoms with van der Waals surface area (Å²) in [5.41, 5.74) is 0.876. The molecule has 2 N–H and O–H groups in total. The molecule has 0 fully saturated rings. The van der Waals surface area contributed by atoms with Crippen molar-refractivity contribution in [3.63, 3.8) is 0 Å². The first kappa shape index (κ1) is 19.8. The number of methoxy groups -OCH3 is 1. The average molecular weight is 376 g/mol. The van der Waals surface area contributed by atoms with Crippen molar-refractivity contribution in [2.75, 3.05) is 18.4 Å². The van der Waals surface area contributed by atoms with Crippen molar-refractivity contribution in [1.82, 2.24) is 5.32 Å². The Morgan fingerprint density at radius 2 is 1.65 bits per heavy atom. The van der Waals surface area contributed by atoms with Crippen LogP contribution in [0.25, 0.3) is 0 Å². The lowest BCUT2D eigenvalue weighted by molar-refractivity contribution is 0.0952. The summed E-state index contributed by atoms with van der Waals surface area (Å²) >= 11 is 0. The maximum absolute atomic E-state index is 12.4. The van der Waals surface area contributed by atoms with Gasteiger partial charge in [-0.1, -0.05) is 13.8 Å². The normalized spacial score (nSPS) is 11.2. The molecule has 0 spiro atoms. The maximum atomic E-state index is 12.4. The highest BCUT2D eigenvalue weighted by molar-refractivity contribution is 7.92. The lowest BCUT2D eigenvalue weighted by atomic mass is 10.1. The van der Waals surface area contributed by atoms with E-state index in [4.69, 9.17) is 4.74 Å². The largest absolute Gasteiger partial charge is 0.497 e. The van der Waals surface area contributed by atoms with Crippen LogP contribution in [-0.2, 0) is 10.0 Å². The van der Waals surface area contributed by atoms with Gasteiger partial charge >= 0.3 is 0 Å². The Hall–Kier alpha value is -2.54. The number of hydrogen-bond donors (Lipinski definition) is 2. The van der Waals surface area contributed by atoms with Gasteiger partial charge in [-0.3, -0.25) is 9.52 Å². The zero-order valence-electron chi connectivity index (χ0n) is 15.2. The van der Waals surface area contributed by atoms with Gasteiger partial charge in [0.2, 0.25) is 0 Å². The minimum Gasteiger partial charge on any atom is -0.497 e. The Morgan fingerprint density at radius 1 is 1.04 bits per heavy atom.